The second-order valence-electron chi connectivity index (χ2n) is 5.05. The molecular formula is C17H16ClNO. The lowest BCUT2D eigenvalue weighted by atomic mass is 10.0. The van der Waals surface area contributed by atoms with Crippen LogP contribution in [0.1, 0.15) is 34.8 Å². The van der Waals surface area contributed by atoms with Crippen LogP contribution in [-0.2, 0) is 0 Å². The van der Waals surface area contributed by atoms with Gasteiger partial charge in [-0.05, 0) is 30.5 Å². The number of carbonyl (C=O) groups excluding carboxylic acids is 1. The van der Waals surface area contributed by atoms with E-state index in [9.17, 15) is 4.79 Å². The number of benzene rings is 2. The Labute approximate surface area is 124 Å². The predicted octanol–water partition coefficient (Wildman–Crippen LogP) is 4.32. The quantitative estimate of drug-likeness (QED) is 0.805. The summed E-state index contributed by atoms with van der Waals surface area (Å²) in [6.07, 6.45) is 2.05. The summed E-state index contributed by atoms with van der Waals surface area (Å²) in [6, 6.07) is 17.6. The Hall–Kier alpha value is -1.80. The zero-order chi connectivity index (χ0) is 13.9. The molecule has 1 saturated heterocycles. The van der Waals surface area contributed by atoms with Crippen molar-refractivity contribution >= 4 is 17.5 Å². The highest BCUT2D eigenvalue weighted by molar-refractivity contribution is 6.33. The van der Waals surface area contributed by atoms with Crippen molar-refractivity contribution in [3.63, 3.8) is 0 Å². The summed E-state index contributed by atoms with van der Waals surface area (Å²) in [5.74, 6) is 0.0296. The maximum absolute atomic E-state index is 12.7. The minimum absolute atomic E-state index is 0.0296. The standard InChI is InChI=1S/C17H16ClNO/c18-15-10-5-4-9-14(15)17(20)19-12-6-11-16(19)13-7-2-1-3-8-13/h1-5,7-10,16H,6,11-12H2. The van der Waals surface area contributed by atoms with Crippen molar-refractivity contribution in [3.8, 4) is 0 Å². The molecule has 0 radical (unpaired) electrons. The van der Waals surface area contributed by atoms with Crippen LogP contribution in [0, 0.1) is 0 Å². The van der Waals surface area contributed by atoms with Crippen molar-refractivity contribution in [2.45, 2.75) is 18.9 Å². The molecule has 1 amide bonds. The molecule has 0 bridgehead atoms. The van der Waals surface area contributed by atoms with Crippen molar-refractivity contribution in [1.29, 1.82) is 0 Å². The molecule has 3 rings (SSSR count). The number of amides is 1. The number of carbonyl (C=O) groups is 1. The number of hydrogen-bond donors (Lipinski definition) is 0. The van der Waals surface area contributed by atoms with E-state index in [-0.39, 0.29) is 11.9 Å². The van der Waals surface area contributed by atoms with Gasteiger partial charge in [-0.1, -0.05) is 54.1 Å². The summed E-state index contributed by atoms with van der Waals surface area (Å²) in [5.41, 5.74) is 1.79. The van der Waals surface area contributed by atoms with Crippen molar-refractivity contribution in [2.24, 2.45) is 0 Å². The van der Waals surface area contributed by atoms with Gasteiger partial charge in [0.05, 0.1) is 16.6 Å². The van der Waals surface area contributed by atoms with E-state index in [4.69, 9.17) is 11.6 Å². The third-order valence-electron chi connectivity index (χ3n) is 3.80. The minimum Gasteiger partial charge on any atom is -0.332 e. The van der Waals surface area contributed by atoms with Crippen molar-refractivity contribution in [1.82, 2.24) is 4.90 Å². The van der Waals surface area contributed by atoms with Gasteiger partial charge in [0.25, 0.3) is 5.91 Å². The second kappa shape index (κ2) is 5.68. The van der Waals surface area contributed by atoms with Crippen molar-refractivity contribution in [3.05, 3.63) is 70.7 Å². The maximum Gasteiger partial charge on any atom is 0.255 e. The van der Waals surface area contributed by atoms with E-state index >= 15 is 0 Å². The number of rotatable bonds is 2. The molecule has 1 heterocycles. The fourth-order valence-corrected chi connectivity index (χ4v) is 3.04. The van der Waals surface area contributed by atoms with Gasteiger partial charge in [-0.3, -0.25) is 4.79 Å². The monoisotopic (exact) mass is 285 g/mol. The summed E-state index contributed by atoms with van der Waals surface area (Å²) >= 11 is 6.14. The molecule has 1 atom stereocenters. The number of halogens is 1. The summed E-state index contributed by atoms with van der Waals surface area (Å²) < 4.78 is 0. The Morgan fingerprint density at radius 1 is 1.05 bits per heavy atom. The fourth-order valence-electron chi connectivity index (χ4n) is 2.82. The third-order valence-corrected chi connectivity index (χ3v) is 4.13. The highest BCUT2D eigenvalue weighted by Gasteiger charge is 2.31. The number of hydrogen-bond acceptors (Lipinski definition) is 1. The first kappa shape index (κ1) is 13.2. The van der Waals surface area contributed by atoms with Crippen LogP contribution < -0.4 is 0 Å². The van der Waals surface area contributed by atoms with Gasteiger partial charge in [0, 0.05) is 6.54 Å². The Morgan fingerprint density at radius 2 is 1.75 bits per heavy atom. The molecule has 20 heavy (non-hydrogen) atoms. The van der Waals surface area contributed by atoms with Crippen LogP contribution in [0.3, 0.4) is 0 Å². The highest BCUT2D eigenvalue weighted by Crippen LogP contribution is 2.33. The van der Waals surface area contributed by atoms with E-state index in [1.54, 1.807) is 12.1 Å². The maximum atomic E-state index is 12.7. The first-order valence-electron chi connectivity index (χ1n) is 6.88. The molecule has 1 aliphatic heterocycles. The summed E-state index contributed by atoms with van der Waals surface area (Å²) in [7, 11) is 0. The molecule has 3 heteroatoms. The molecule has 0 aromatic heterocycles. The van der Waals surface area contributed by atoms with E-state index in [0.29, 0.717) is 10.6 Å². The largest absolute Gasteiger partial charge is 0.332 e. The lowest BCUT2D eigenvalue weighted by Gasteiger charge is -2.25. The average molecular weight is 286 g/mol. The van der Waals surface area contributed by atoms with Gasteiger partial charge in [-0.2, -0.15) is 0 Å². The van der Waals surface area contributed by atoms with Gasteiger partial charge in [0.15, 0.2) is 0 Å². The van der Waals surface area contributed by atoms with E-state index in [2.05, 4.69) is 12.1 Å². The van der Waals surface area contributed by atoms with Crippen LogP contribution in [-0.4, -0.2) is 17.4 Å². The van der Waals surface area contributed by atoms with Gasteiger partial charge >= 0.3 is 0 Å². The van der Waals surface area contributed by atoms with Crippen LogP contribution in [0.25, 0.3) is 0 Å². The molecule has 102 valence electrons. The van der Waals surface area contributed by atoms with Crippen LogP contribution in [0.15, 0.2) is 54.6 Å². The third kappa shape index (κ3) is 2.44. The topological polar surface area (TPSA) is 20.3 Å². The van der Waals surface area contributed by atoms with Crippen LogP contribution >= 0.6 is 11.6 Å². The van der Waals surface area contributed by atoms with Gasteiger partial charge < -0.3 is 4.90 Å². The van der Waals surface area contributed by atoms with Gasteiger partial charge in [0.1, 0.15) is 0 Å². The minimum atomic E-state index is 0.0296. The zero-order valence-electron chi connectivity index (χ0n) is 11.1. The molecule has 2 aromatic carbocycles. The zero-order valence-corrected chi connectivity index (χ0v) is 11.9. The summed E-state index contributed by atoms with van der Waals surface area (Å²) in [5, 5.41) is 0.524. The van der Waals surface area contributed by atoms with E-state index < -0.39 is 0 Å². The molecule has 1 aliphatic rings. The first-order valence-corrected chi connectivity index (χ1v) is 7.25. The molecule has 2 nitrogen and oxygen atoms in total. The van der Waals surface area contributed by atoms with E-state index in [0.717, 1.165) is 19.4 Å². The average Bonchev–Trinajstić information content (AvgIpc) is 2.97. The Morgan fingerprint density at radius 3 is 2.50 bits per heavy atom. The number of nitrogens with zero attached hydrogens (tertiary/aromatic N) is 1. The molecule has 0 aliphatic carbocycles. The first-order chi connectivity index (χ1) is 9.77. The van der Waals surface area contributed by atoms with E-state index in [1.807, 2.05) is 35.2 Å². The molecule has 0 spiro atoms. The van der Waals surface area contributed by atoms with Gasteiger partial charge in [0.2, 0.25) is 0 Å². The Bertz CT molecular complexity index is 611. The molecule has 0 N–H and O–H groups in total. The number of likely N-dealkylation sites (tertiary alicyclic amines) is 1. The van der Waals surface area contributed by atoms with Crippen molar-refractivity contribution in [2.75, 3.05) is 6.54 Å². The summed E-state index contributed by atoms with van der Waals surface area (Å²) in [4.78, 5) is 14.6. The van der Waals surface area contributed by atoms with Crippen molar-refractivity contribution < 1.29 is 4.79 Å². The fraction of sp³-hybridized carbons (Fsp3) is 0.235. The smallest absolute Gasteiger partial charge is 0.255 e. The van der Waals surface area contributed by atoms with Crippen LogP contribution in [0.4, 0.5) is 0 Å². The Kier molecular flexibility index (Phi) is 3.75. The molecule has 0 saturated carbocycles. The molecular weight excluding hydrogens is 270 g/mol. The predicted molar refractivity (Wildman–Crippen MR) is 80.9 cm³/mol. The SMILES string of the molecule is O=C(c1ccccc1Cl)N1CCCC1c1ccccc1. The molecule has 1 fully saturated rings. The highest BCUT2D eigenvalue weighted by atomic mass is 35.5. The lowest BCUT2D eigenvalue weighted by Crippen LogP contribution is -2.30. The normalized spacial score (nSPS) is 18.2. The summed E-state index contributed by atoms with van der Waals surface area (Å²) in [6.45, 7) is 0.795. The second-order valence-corrected chi connectivity index (χ2v) is 5.45. The van der Waals surface area contributed by atoms with E-state index in [1.165, 1.54) is 5.56 Å². The lowest BCUT2D eigenvalue weighted by molar-refractivity contribution is 0.0736. The van der Waals surface area contributed by atoms with Gasteiger partial charge in [-0.15, -0.1) is 0 Å². The molecule has 2 aromatic rings. The van der Waals surface area contributed by atoms with Crippen LogP contribution in [0.5, 0.6) is 0 Å². The Balaban J connectivity index is 1.90. The van der Waals surface area contributed by atoms with Gasteiger partial charge in [-0.25, -0.2) is 0 Å². The van der Waals surface area contributed by atoms with Crippen LogP contribution in [0.2, 0.25) is 5.02 Å². The molecule has 1 unspecified atom stereocenters.